The van der Waals surface area contributed by atoms with Crippen molar-refractivity contribution in [3.8, 4) is 17.2 Å². The summed E-state index contributed by atoms with van der Waals surface area (Å²) >= 11 is 0. The average molecular weight is 494 g/mol. The maximum absolute atomic E-state index is 9.43. The molecule has 0 saturated heterocycles. The first-order valence-corrected chi connectivity index (χ1v) is 12.8. The van der Waals surface area contributed by atoms with E-state index >= 15 is 0 Å². The van der Waals surface area contributed by atoms with Gasteiger partial charge in [-0.2, -0.15) is 5.26 Å². The largest absolute Gasteiger partial charge is 0.373 e. The molecular formula is C32H39N5. The summed E-state index contributed by atoms with van der Waals surface area (Å²) in [4.78, 5) is 11.5. The van der Waals surface area contributed by atoms with E-state index < -0.39 is 5.41 Å². The van der Waals surface area contributed by atoms with E-state index in [2.05, 4.69) is 71.0 Å². The number of aryl methyl sites for hydroxylation is 1. The van der Waals surface area contributed by atoms with Crippen molar-refractivity contribution < 1.29 is 0 Å². The number of pyridine rings is 2. The molecule has 2 aromatic rings. The zero-order valence-electron chi connectivity index (χ0n) is 23.1. The molecule has 1 N–H and O–H groups in total. The molecule has 0 radical (unpaired) electrons. The fourth-order valence-electron chi connectivity index (χ4n) is 4.53. The maximum Gasteiger partial charge on any atom is 0.125 e. The van der Waals surface area contributed by atoms with Crippen LogP contribution in [0.25, 0.3) is 17.2 Å². The molecule has 0 saturated carbocycles. The molecule has 3 heterocycles. The van der Waals surface area contributed by atoms with E-state index in [-0.39, 0.29) is 0 Å². The number of hydrogen-bond acceptors (Lipinski definition) is 5. The molecular weight excluding hydrogens is 454 g/mol. The predicted molar refractivity (Wildman–Crippen MR) is 156 cm³/mol. The quantitative estimate of drug-likeness (QED) is 0.376. The van der Waals surface area contributed by atoms with Gasteiger partial charge in [0.25, 0.3) is 0 Å². The van der Waals surface area contributed by atoms with Crippen molar-refractivity contribution in [2.24, 2.45) is 5.41 Å². The van der Waals surface area contributed by atoms with Crippen LogP contribution >= 0.6 is 0 Å². The molecule has 0 aliphatic carbocycles. The van der Waals surface area contributed by atoms with Crippen LogP contribution in [0.3, 0.4) is 0 Å². The van der Waals surface area contributed by atoms with Gasteiger partial charge in [-0.15, -0.1) is 0 Å². The minimum Gasteiger partial charge on any atom is -0.373 e. The third kappa shape index (κ3) is 7.15. The van der Waals surface area contributed by atoms with Crippen LogP contribution in [0.5, 0.6) is 0 Å². The molecule has 1 aliphatic rings. The average Bonchev–Trinajstić information content (AvgIpc) is 2.90. The van der Waals surface area contributed by atoms with E-state index in [1.807, 2.05) is 64.5 Å². The molecule has 0 atom stereocenters. The van der Waals surface area contributed by atoms with E-state index in [1.54, 1.807) is 0 Å². The standard InChI is InChI=1S/C32H39N5/c1-8-28(32(5,6)22-33)11-9-24(3)26-14-17-37(18-15-26)21-23(2)19-30-25(4)35-16-13-29(30)27-10-12-31(34-7)36-20-27/h8-14,16,19-20H,3,15,17-18,21H2,1-2,4-7H3,(H,34,36)/b11-9-,23-19+,28-8+. The summed E-state index contributed by atoms with van der Waals surface area (Å²) in [5.74, 6) is 0.853. The van der Waals surface area contributed by atoms with Gasteiger partial charge in [0.1, 0.15) is 5.82 Å². The van der Waals surface area contributed by atoms with Gasteiger partial charge in [0.05, 0.1) is 11.5 Å². The molecule has 0 amide bonds. The van der Waals surface area contributed by atoms with Crippen LogP contribution in [0, 0.1) is 23.7 Å². The summed E-state index contributed by atoms with van der Waals surface area (Å²) in [6.45, 7) is 17.2. The lowest BCUT2D eigenvalue weighted by Gasteiger charge is -2.27. The van der Waals surface area contributed by atoms with E-state index in [0.717, 1.165) is 65.4 Å². The fourth-order valence-corrected chi connectivity index (χ4v) is 4.53. The van der Waals surface area contributed by atoms with Gasteiger partial charge in [0.15, 0.2) is 0 Å². The maximum atomic E-state index is 9.43. The number of nitrogens with one attached hydrogen (secondary N) is 1. The molecule has 192 valence electrons. The predicted octanol–water partition coefficient (Wildman–Crippen LogP) is 7.14. The van der Waals surface area contributed by atoms with Crippen LogP contribution in [0.15, 0.2) is 83.8 Å². The Morgan fingerprint density at radius 2 is 2.03 bits per heavy atom. The highest BCUT2D eigenvalue weighted by molar-refractivity contribution is 5.77. The lowest BCUT2D eigenvalue weighted by Crippen LogP contribution is -2.30. The van der Waals surface area contributed by atoms with E-state index in [1.165, 1.54) is 11.1 Å². The van der Waals surface area contributed by atoms with Crippen molar-refractivity contribution in [2.45, 2.75) is 41.0 Å². The first-order valence-electron chi connectivity index (χ1n) is 12.8. The second-order valence-electron chi connectivity index (χ2n) is 10.1. The van der Waals surface area contributed by atoms with Crippen molar-refractivity contribution in [1.82, 2.24) is 14.9 Å². The van der Waals surface area contributed by atoms with Gasteiger partial charge in [-0.05, 0) is 81.5 Å². The molecule has 37 heavy (non-hydrogen) atoms. The number of hydrogen-bond donors (Lipinski definition) is 1. The van der Waals surface area contributed by atoms with Gasteiger partial charge in [0, 0.05) is 55.9 Å². The summed E-state index contributed by atoms with van der Waals surface area (Å²) < 4.78 is 0. The Bertz CT molecular complexity index is 1280. The Labute approximate surface area is 222 Å². The molecule has 0 aromatic carbocycles. The summed E-state index contributed by atoms with van der Waals surface area (Å²) in [7, 11) is 1.87. The number of nitrogens with zero attached hydrogens (tertiary/aromatic N) is 4. The zero-order chi connectivity index (χ0) is 27.0. The summed E-state index contributed by atoms with van der Waals surface area (Å²) in [5.41, 5.74) is 8.48. The molecule has 2 aromatic heterocycles. The van der Waals surface area contributed by atoms with Crippen molar-refractivity contribution in [3.05, 3.63) is 95.0 Å². The molecule has 5 heteroatoms. The van der Waals surface area contributed by atoms with Gasteiger partial charge in [-0.1, -0.05) is 42.5 Å². The van der Waals surface area contributed by atoms with Crippen LogP contribution in [0.4, 0.5) is 5.82 Å². The van der Waals surface area contributed by atoms with Crippen LogP contribution in [0.1, 0.15) is 45.4 Å². The number of rotatable bonds is 9. The Hall–Kier alpha value is -3.75. The van der Waals surface area contributed by atoms with Crippen molar-refractivity contribution >= 4 is 11.9 Å². The molecule has 0 unspecified atom stereocenters. The van der Waals surface area contributed by atoms with Gasteiger partial charge in [-0.25, -0.2) is 4.98 Å². The normalized spacial score (nSPS) is 15.4. The van der Waals surface area contributed by atoms with Gasteiger partial charge in [0.2, 0.25) is 0 Å². The van der Waals surface area contributed by atoms with E-state index in [0.29, 0.717) is 0 Å². The lowest BCUT2D eigenvalue weighted by atomic mass is 9.85. The van der Waals surface area contributed by atoms with Crippen molar-refractivity contribution in [2.75, 3.05) is 32.0 Å². The number of aromatic nitrogens is 2. The first-order chi connectivity index (χ1) is 17.7. The fraction of sp³-hybridized carbons (Fsp3) is 0.344. The van der Waals surface area contributed by atoms with Crippen molar-refractivity contribution in [1.29, 1.82) is 5.26 Å². The van der Waals surface area contributed by atoms with Gasteiger partial charge < -0.3 is 5.32 Å². The summed E-state index contributed by atoms with van der Waals surface area (Å²) in [6, 6.07) is 8.53. The Balaban J connectivity index is 1.69. The second kappa shape index (κ2) is 12.5. The van der Waals surface area contributed by atoms with E-state index in [9.17, 15) is 5.26 Å². The first kappa shape index (κ1) is 27.8. The van der Waals surface area contributed by atoms with Crippen LogP contribution in [-0.2, 0) is 0 Å². The number of allylic oxidation sites excluding steroid dienone is 5. The monoisotopic (exact) mass is 493 g/mol. The second-order valence-corrected chi connectivity index (χ2v) is 10.1. The minimum absolute atomic E-state index is 0.508. The highest BCUT2D eigenvalue weighted by atomic mass is 15.1. The molecule has 0 spiro atoms. The topological polar surface area (TPSA) is 64.8 Å². The number of nitriles is 1. The van der Waals surface area contributed by atoms with Crippen LogP contribution in [-0.4, -0.2) is 41.5 Å². The summed E-state index contributed by atoms with van der Waals surface area (Å²) in [6.07, 6.45) is 15.4. The molecule has 0 fully saturated rings. The zero-order valence-corrected chi connectivity index (χ0v) is 23.1. The molecule has 5 nitrogen and oxygen atoms in total. The van der Waals surface area contributed by atoms with Crippen LogP contribution in [0.2, 0.25) is 0 Å². The van der Waals surface area contributed by atoms with E-state index in [4.69, 9.17) is 0 Å². The van der Waals surface area contributed by atoms with Crippen LogP contribution < -0.4 is 5.32 Å². The molecule has 0 bridgehead atoms. The highest BCUT2D eigenvalue weighted by Gasteiger charge is 2.20. The Morgan fingerprint density at radius 3 is 2.62 bits per heavy atom. The van der Waals surface area contributed by atoms with Gasteiger partial charge >= 0.3 is 0 Å². The highest BCUT2D eigenvalue weighted by Crippen LogP contribution is 2.29. The minimum atomic E-state index is -0.508. The Kier molecular flexibility index (Phi) is 9.38. The lowest BCUT2D eigenvalue weighted by molar-refractivity contribution is 0.320. The van der Waals surface area contributed by atoms with Crippen molar-refractivity contribution in [3.63, 3.8) is 0 Å². The number of anilines is 1. The Morgan fingerprint density at radius 1 is 1.24 bits per heavy atom. The third-order valence-electron chi connectivity index (χ3n) is 6.87. The molecule has 1 aliphatic heterocycles. The summed E-state index contributed by atoms with van der Waals surface area (Å²) in [5, 5.41) is 12.5. The van der Waals surface area contributed by atoms with Gasteiger partial charge in [-0.3, -0.25) is 9.88 Å². The molecule has 3 rings (SSSR count). The third-order valence-corrected chi connectivity index (χ3v) is 6.87. The SMILES string of the molecule is C=C(/C=C\C(=C/C)C(C)(C)C#N)C1=CCN(C/C(C)=C/c2c(-c3ccc(NC)nc3)ccnc2C)CC1. The smallest absolute Gasteiger partial charge is 0.125 e.